The summed E-state index contributed by atoms with van der Waals surface area (Å²) in [6.45, 7) is 1.95. The van der Waals surface area contributed by atoms with Gasteiger partial charge in [-0.2, -0.15) is 0 Å². The number of allylic oxidation sites excluding steroid dienone is 5. The Kier molecular flexibility index (Phi) is 3.33. The van der Waals surface area contributed by atoms with Crippen molar-refractivity contribution in [1.29, 1.82) is 0 Å². The second kappa shape index (κ2) is 4.54. The van der Waals surface area contributed by atoms with Gasteiger partial charge in [0.25, 0.3) is 0 Å². The summed E-state index contributed by atoms with van der Waals surface area (Å²) in [4.78, 5) is 11.3. The van der Waals surface area contributed by atoms with Crippen LogP contribution >= 0.6 is 0 Å². The van der Waals surface area contributed by atoms with Gasteiger partial charge < -0.3 is 5.32 Å². The molecule has 1 N–H and O–H groups in total. The molecule has 2 heteroatoms. The maximum absolute atomic E-state index is 11.3. The van der Waals surface area contributed by atoms with Crippen molar-refractivity contribution in [3.05, 3.63) is 42.6 Å². The normalized spacial score (nSPS) is 14.9. The van der Waals surface area contributed by atoms with E-state index < -0.39 is 0 Å². The van der Waals surface area contributed by atoms with Crippen LogP contribution in [0.25, 0.3) is 0 Å². The number of Topliss-reactive ketones (excluding diaryl/α,β-unsaturated/α-hetero) is 1. The largest absolute Gasteiger partial charge is 0.359 e. The summed E-state index contributed by atoms with van der Waals surface area (Å²) < 4.78 is 0. The van der Waals surface area contributed by atoms with E-state index in [-0.39, 0.29) is 5.78 Å². The summed E-state index contributed by atoms with van der Waals surface area (Å²) in [5, 5.41) is 2.90. The summed E-state index contributed by atoms with van der Waals surface area (Å²) >= 11 is 0. The average molecular weight is 162 g/mol. The van der Waals surface area contributed by atoms with Gasteiger partial charge in [-0.05, 0) is 18.6 Å². The van der Waals surface area contributed by atoms with Gasteiger partial charge in [0, 0.05) is 12.6 Å². The van der Waals surface area contributed by atoms with Gasteiger partial charge in [-0.1, -0.05) is 19.1 Å². The van der Waals surface area contributed by atoms with Crippen LogP contribution in [0.2, 0.25) is 0 Å². The molecular weight excluding hydrogens is 150 g/mol. The first-order chi connectivity index (χ1) is 5.84. The van der Waals surface area contributed by atoms with Gasteiger partial charge in [-0.15, -0.1) is 0 Å². The summed E-state index contributed by atoms with van der Waals surface area (Å²) in [5.41, 5.74) is 0.627. The second-order valence-electron chi connectivity index (χ2n) is 2.45. The number of carbonyl (C=O) groups excluding carboxylic acids is 1. The van der Waals surface area contributed by atoms with Gasteiger partial charge in [-0.25, -0.2) is 0 Å². The van der Waals surface area contributed by atoms with Gasteiger partial charge in [0.15, 0.2) is 5.78 Å². The molecule has 0 spiro atoms. The SMILES string of the molecule is CC[CH]C(=O)C1=CC=CC=CN1. The number of hydrogen-bond acceptors (Lipinski definition) is 2. The lowest BCUT2D eigenvalue weighted by Gasteiger charge is -2.02. The molecule has 2 nitrogen and oxygen atoms in total. The molecule has 1 aliphatic rings. The number of nitrogens with one attached hydrogen (secondary N) is 1. The van der Waals surface area contributed by atoms with Crippen LogP contribution in [0, 0.1) is 6.42 Å². The van der Waals surface area contributed by atoms with Crippen LogP contribution in [-0.2, 0) is 4.79 Å². The van der Waals surface area contributed by atoms with Crippen molar-refractivity contribution in [2.24, 2.45) is 0 Å². The van der Waals surface area contributed by atoms with E-state index in [1.54, 1.807) is 18.7 Å². The van der Waals surface area contributed by atoms with E-state index in [4.69, 9.17) is 0 Å². The molecule has 0 fully saturated rings. The van der Waals surface area contributed by atoms with Gasteiger partial charge >= 0.3 is 0 Å². The van der Waals surface area contributed by atoms with Crippen molar-refractivity contribution in [2.45, 2.75) is 13.3 Å². The van der Waals surface area contributed by atoms with E-state index in [1.807, 2.05) is 25.2 Å². The molecule has 0 saturated carbocycles. The van der Waals surface area contributed by atoms with Gasteiger partial charge in [0.2, 0.25) is 0 Å². The van der Waals surface area contributed by atoms with Gasteiger partial charge in [0.1, 0.15) is 0 Å². The number of ketones is 1. The predicted molar refractivity (Wildman–Crippen MR) is 49.1 cm³/mol. The topological polar surface area (TPSA) is 29.1 Å². The minimum Gasteiger partial charge on any atom is -0.359 e. The zero-order chi connectivity index (χ0) is 8.81. The van der Waals surface area contributed by atoms with Crippen molar-refractivity contribution >= 4 is 5.78 Å². The summed E-state index contributed by atoms with van der Waals surface area (Å²) in [7, 11) is 0. The standard InChI is InChI=1S/C10H12NO/c1-2-6-10(12)9-7-4-3-5-8-11-9/h3-8,11H,2H2,1H3. The third-order valence-corrected chi connectivity index (χ3v) is 1.48. The Balaban J connectivity index is 2.62. The Morgan fingerprint density at radius 1 is 1.50 bits per heavy atom. The van der Waals surface area contributed by atoms with E-state index in [0.717, 1.165) is 6.42 Å². The number of carbonyl (C=O) groups is 1. The van der Waals surface area contributed by atoms with Crippen LogP contribution in [0.5, 0.6) is 0 Å². The Morgan fingerprint density at radius 2 is 2.33 bits per heavy atom. The molecule has 0 unspecified atom stereocenters. The van der Waals surface area contributed by atoms with Crippen LogP contribution < -0.4 is 5.32 Å². The number of rotatable bonds is 3. The van der Waals surface area contributed by atoms with Crippen molar-refractivity contribution in [1.82, 2.24) is 5.32 Å². The molecule has 0 aromatic heterocycles. The quantitative estimate of drug-likeness (QED) is 0.684. The lowest BCUT2D eigenvalue weighted by atomic mass is 10.2. The van der Waals surface area contributed by atoms with E-state index in [1.165, 1.54) is 0 Å². The Hall–Kier alpha value is -1.31. The monoisotopic (exact) mass is 162 g/mol. The van der Waals surface area contributed by atoms with Crippen molar-refractivity contribution in [2.75, 3.05) is 0 Å². The highest BCUT2D eigenvalue weighted by Gasteiger charge is 2.05. The van der Waals surface area contributed by atoms with Crippen molar-refractivity contribution < 1.29 is 4.79 Å². The average Bonchev–Trinajstić information content (AvgIpc) is 2.32. The molecular formula is C10H12NO. The maximum Gasteiger partial charge on any atom is 0.182 e. The highest BCUT2D eigenvalue weighted by atomic mass is 16.1. The first kappa shape index (κ1) is 8.78. The third-order valence-electron chi connectivity index (χ3n) is 1.48. The van der Waals surface area contributed by atoms with E-state index in [9.17, 15) is 4.79 Å². The minimum atomic E-state index is 0.0497. The number of hydrogen-bond donors (Lipinski definition) is 1. The summed E-state index contributed by atoms with van der Waals surface area (Å²) in [6, 6.07) is 0. The Bertz CT molecular complexity index is 249. The summed E-state index contributed by atoms with van der Waals surface area (Å²) in [6.07, 6.45) is 11.5. The molecule has 0 atom stereocenters. The Labute approximate surface area is 72.7 Å². The Morgan fingerprint density at radius 3 is 3.08 bits per heavy atom. The lowest BCUT2D eigenvalue weighted by Crippen LogP contribution is -2.14. The third kappa shape index (κ3) is 2.38. The fourth-order valence-corrected chi connectivity index (χ4v) is 0.906. The lowest BCUT2D eigenvalue weighted by molar-refractivity contribution is -0.112. The highest BCUT2D eigenvalue weighted by molar-refractivity contribution is 6.01. The zero-order valence-electron chi connectivity index (χ0n) is 7.08. The molecule has 1 rings (SSSR count). The molecule has 0 bridgehead atoms. The van der Waals surface area contributed by atoms with Gasteiger partial charge in [0.05, 0.1) is 5.70 Å². The first-order valence-electron chi connectivity index (χ1n) is 4.02. The first-order valence-corrected chi connectivity index (χ1v) is 4.02. The van der Waals surface area contributed by atoms with E-state index in [0.29, 0.717) is 5.70 Å². The fourth-order valence-electron chi connectivity index (χ4n) is 0.906. The fraction of sp³-hybridized carbons (Fsp3) is 0.200. The van der Waals surface area contributed by atoms with Crippen LogP contribution in [0.4, 0.5) is 0 Å². The predicted octanol–water partition coefficient (Wildman–Crippen LogP) is 1.73. The van der Waals surface area contributed by atoms with Crippen LogP contribution in [0.1, 0.15) is 13.3 Å². The van der Waals surface area contributed by atoms with Crippen LogP contribution in [0.15, 0.2) is 36.2 Å². The molecule has 1 heterocycles. The highest BCUT2D eigenvalue weighted by Crippen LogP contribution is 2.01. The van der Waals surface area contributed by atoms with Crippen molar-refractivity contribution in [3.8, 4) is 0 Å². The molecule has 0 aromatic rings. The smallest absolute Gasteiger partial charge is 0.182 e. The second-order valence-corrected chi connectivity index (χ2v) is 2.45. The van der Waals surface area contributed by atoms with Crippen LogP contribution in [0.3, 0.4) is 0 Å². The molecule has 12 heavy (non-hydrogen) atoms. The maximum atomic E-state index is 11.3. The molecule has 0 aromatic carbocycles. The van der Waals surface area contributed by atoms with E-state index in [2.05, 4.69) is 5.32 Å². The molecule has 0 saturated heterocycles. The molecule has 63 valence electrons. The summed E-state index contributed by atoms with van der Waals surface area (Å²) in [5.74, 6) is 0.0497. The van der Waals surface area contributed by atoms with Crippen molar-refractivity contribution in [3.63, 3.8) is 0 Å². The minimum absolute atomic E-state index is 0.0497. The molecule has 0 amide bonds. The zero-order valence-corrected chi connectivity index (χ0v) is 7.08. The van der Waals surface area contributed by atoms with Gasteiger partial charge in [-0.3, -0.25) is 4.79 Å². The van der Waals surface area contributed by atoms with E-state index >= 15 is 0 Å². The molecule has 0 aliphatic carbocycles. The molecule has 1 aliphatic heterocycles. The van der Waals surface area contributed by atoms with Crippen LogP contribution in [-0.4, -0.2) is 5.78 Å². The molecule has 1 radical (unpaired) electrons.